The van der Waals surface area contributed by atoms with Gasteiger partial charge in [-0.25, -0.2) is 0 Å². The lowest BCUT2D eigenvalue weighted by Gasteiger charge is -2.26. The Kier molecular flexibility index (Phi) is 6.68. The molecule has 3 heterocycles. The monoisotopic (exact) mass is 556 g/mol. The minimum atomic E-state index is -0.444. The van der Waals surface area contributed by atoms with Crippen LogP contribution in [0.15, 0.2) is 114 Å². The first-order chi connectivity index (χ1) is 20.6. The average molecular weight is 557 g/mol. The number of rotatable bonds is 6. The number of hydrogen-bond acceptors (Lipinski definition) is 5. The Labute approximate surface area is 243 Å². The number of nitrogens with one attached hydrogen (secondary N) is 1. The molecule has 0 atom stereocenters. The normalized spacial score (nSPS) is 13.6. The number of amides is 2. The lowest BCUT2D eigenvalue weighted by Crippen LogP contribution is -2.35. The predicted octanol–water partition coefficient (Wildman–Crippen LogP) is 6.64. The first-order valence-electron chi connectivity index (χ1n) is 13.9. The molecule has 0 fully saturated rings. The fourth-order valence-corrected chi connectivity index (χ4v) is 5.61. The number of carbonyl (C=O) groups excluding carboxylic acids is 2. The molecule has 1 aromatic heterocycles. The lowest BCUT2D eigenvalue weighted by atomic mass is 9.90. The van der Waals surface area contributed by atoms with Crippen LogP contribution in [0.1, 0.15) is 38.7 Å². The van der Waals surface area contributed by atoms with Gasteiger partial charge in [0.2, 0.25) is 12.7 Å². The van der Waals surface area contributed by atoms with Gasteiger partial charge in [0.25, 0.3) is 5.91 Å². The van der Waals surface area contributed by atoms with Crippen LogP contribution in [-0.4, -0.2) is 30.1 Å². The first kappa shape index (κ1) is 25.7. The number of anilines is 1. The summed E-state index contributed by atoms with van der Waals surface area (Å²) in [7, 11) is 0. The van der Waals surface area contributed by atoms with E-state index in [2.05, 4.69) is 5.32 Å². The van der Waals surface area contributed by atoms with Crippen LogP contribution in [0.3, 0.4) is 0 Å². The highest BCUT2D eigenvalue weighted by molar-refractivity contribution is 5.98. The maximum Gasteiger partial charge on any atom is 0.254 e. The van der Waals surface area contributed by atoms with Gasteiger partial charge >= 0.3 is 0 Å². The molecule has 5 aromatic rings. The second kappa shape index (κ2) is 10.9. The number of ether oxygens (including phenoxy) is 2. The zero-order chi connectivity index (χ0) is 28.5. The van der Waals surface area contributed by atoms with Crippen molar-refractivity contribution >= 4 is 17.5 Å². The molecule has 2 aliphatic rings. The van der Waals surface area contributed by atoms with E-state index in [1.165, 1.54) is 0 Å². The second-order valence-corrected chi connectivity index (χ2v) is 10.4. The Balaban J connectivity index is 1.09. The molecular weight excluding hydrogens is 528 g/mol. The van der Waals surface area contributed by atoms with Gasteiger partial charge in [-0.05, 0) is 47.5 Å². The van der Waals surface area contributed by atoms with E-state index in [4.69, 9.17) is 13.9 Å². The smallest absolute Gasteiger partial charge is 0.254 e. The number of furan rings is 1. The Morgan fingerprint density at radius 2 is 1.50 bits per heavy atom. The van der Waals surface area contributed by atoms with Crippen LogP contribution in [0.25, 0.3) is 11.3 Å². The fourth-order valence-electron chi connectivity index (χ4n) is 5.61. The number of nitrogens with zero attached hydrogens (tertiary/aromatic N) is 1. The highest BCUT2D eigenvalue weighted by Crippen LogP contribution is 2.35. The van der Waals surface area contributed by atoms with Crippen molar-refractivity contribution in [3.8, 4) is 22.8 Å². The van der Waals surface area contributed by atoms with Gasteiger partial charge in [-0.1, -0.05) is 72.8 Å². The minimum absolute atomic E-state index is 0.0576. The molecule has 0 saturated heterocycles. The quantitative estimate of drug-likeness (QED) is 0.254. The average Bonchev–Trinajstić information content (AvgIpc) is 3.68. The summed E-state index contributed by atoms with van der Waals surface area (Å²) in [6.07, 6.45) is 0.623. The summed E-state index contributed by atoms with van der Waals surface area (Å²) in [6.45, 7) is 1.19. The van der Waals surface area contributed by atoms with E-state index in [1.54, 1.807) is 18.2 Å². The summed E-state index contributed by atoms with van der Waals surface area (Å²) in [5.74, 6) is 2.22. The molecule has 0 bridgehead atoms. The molecule has 7 rings (SSSR count). The molecule has 1 N–H and O–H groups in total. The van der Waals surface area contributed by atoms with E-state index in [1.807, 2.05) is 95.9 Å². The number of hydrogen-bond donors (Lipinski definition) is 1. The third-order valence-electron chi connectivity index (χ3n) is 7.72. The molecule has 7 heteroatoms. The van der Waals surface area contributed by atoms with Crippen molar-refractivity contribution in [3.63, 3.8) is 0 Å². The summed E-state index contributed by atoms with van der Waals surface area (Å²) in [5.41, 5.74) is 4.94. The van der Waals surface area contributed by atoms with Crippen LogP contribution in [0.2, 0.25) is 0 Å². The van der Waals surface area contributed by atoms with Crippen molar-refractivity contribution in [2.75, 3.05) is 18.7 Å². The third-order valence-corrected chi connectivity index (χ3v) is 7.72. The number of carbonyl (C=O) groups is 2. The Morgan fingerprint density at radius 1 is 0.762 bits per heavy atom. The predicted molar refractivity (Wildman–Crippen MR) is 159 cm³/mol. The zero-order valence-electron chi connectivity index (χ0n) is 22.8. The van der Waals surface area contributed by atoms with Gasteiger partial charge in [0.1, 0.15) is 11.5 Å². The van der Waals surface area contributed by atoms with Crippen molar-refractivity contribution < 1.29 is 23.5 Å². The molecule has 0 aliphatic carbocycles. The maximum absolute atomic E-state index is 13.6. The Hall–Kier alpha value is -5.30. The molecule has 208 valence electrons. The number of fused-ring (bicyclic) bond motifs is 2. The lowest BCUT2D eigenvalue weighted by molar-refractivity contribution is -0.116. The summed E-state index contributed by atoms with van der Waals surface area (Å²) < 4.78 is 17.1. The van der Waals surface area contributed by atoms with E-state index in [0.29, 0.717) is 48.0 Å². The second-order valence-electron chi connectivity index (χ2n) is 10.4. The van der Waals surface area contributed by atoms with Crippen molar-refractivity contribution in [2.24, 2.45) is 0 Å². The molecular formula is C35H28N2O5. The topological polar surface area (TPSA) is 81.0 Å². The van der Waals surface area contributed by atoms with Crippen LogP contribution in [-0.2, 0) is 17.8 Å². The maximum atomic E-state index is 13.6. The van der Waals surface area contributed by atoms with Gasteiger partial charge in [0.15, 0.2) is 11.5 Å². The van der Waals surface area contributed by atoms with Crippen LogP contribution in [0.5, 0.6) is 11.5 Å². The van der Waals surface area contributed by atoms with E-state index < -0.39 is 5.92 Å². The van der Waals surface area contributed by atoms with Crippen molar-refractivity contribution in [2.45, 2.75) is 18.9 Å². The third kappa shape index (κ3) is 5.01. The first-order valence-corrected chi connectivity index (χ1v) is 13.9. The zero-order valence-corrected chi connectivity index (χ0v) is 22.8. The molecule has 4 aromatic carbocycles. The Morgan fingerprint density at radius 3 is 2.26 bits per heavy atom. The van der Waals surface area contributed by atoms with Gasteiger partial charge in [-0.3, -0.25) is 9.59 Å². The molecule has 7 nitrogen and oxygen atoms in total. The van der Waals surface area contributed by atoms with Gasteiger partial charge in [0.05, 0.1) is 5.92 Å². The van der Waals surface area contributed by atoms with Crippen LogP contribution < -0.4 is 14.8 Å². The summed E-state index contributed by atoms with van der Waals surface area (Å²) in [5, 5.41) is 3.12. The molecule has 0 radical (unpaired) electrons. The van der Waals surface area contributed by atoms with Crippen molar-refractivity contribution in [1.82, 2.24) is 4.90 Å². The van der Waals surface area contributed by atoms with E-state index >= 15 is 0 Å². The highest BCUT2D eigenvalue weighted by atomic mass is 16.7. The Bertz CT molecular complexity index is 1720. The molecule has 0 spiro atoms. The standard InChI is InChI=1S/C35H28N2O5/c38-34(33(23-8-3-1-4-9-23)24-10-5-2-6-11-24)36-28-13-7-12-25(18-28)31-20-27-21-37(17-16-29(27)42-31)35(39)26-14-15-30-32(19-26)41-22-40-30/h1-15,18-20,33H,16-17,21-22H2,(H,36,38). The SMILES string of the molecule is O=C(Nc1cccc(-c2cc3c(o2)CCN(C(=O)c2ccc4c(c2)OCO4)C3)c1)C(c1ccccc1)c1ccccc1. The largest absolute Gasteiger partial charge is 0.461 e. The summed E-state index contributed by atoms with van der Waals surface area (Å²) in [6, 6.07) is 34.5. The van der Waals surface area contributed by atoms with Crippen LogP contribution >= 0.6 is 0 Å². The molecule has 0 unspecified atom stereocenters. The molecule has 42 heavy (non-hydrogen) atoms. The van der Waals surface area contributed by atoms with Crippen LogP contribution in [0.4, 0.5) is 5.69 Å². The fraction of sp³-hybridized carbons (Fsp3) is 0.143. The summed E-state index contributed by atoms with van der Waals surface area (Å²) >= 11 is 0. The van der Waals surface area contributed by atoms with E-state index in [-0.39, 0.29) is 18.6 Å². The summed E-state index contributed by atoms with van der Waals surface area (Å²) in [4.78, 5) is 28.7. The molecule has 0 saturated carbocycles. The van der Waals surface area contributed by atoms with Crippen LogP contribution in [0, 0.1) is 0 Å². The van der Waals surface area contributed by atoms with Gasteiger partial charge < -0.3 is 24.1 Å². The van der Waals surface area contributed by atoms with Crippen molar-refractivity contribution in [1.29, 1.82) is 0 Å². The van der Waals surface area contributed by atoms with E-state index in [0.717, 1.165) is 28.0 Å². The van der Waals surface area contributed by atoms with Gasteiger partial charge in [-0.2, -0.15) is 0 Å². The number of benzene rings is 4. The highest BCUT2D eigenvalue weighted by Gasteiger charge is 2.27. The van der Waals surface area contributed by atoms with Gasteiger partial charge in [0, 0.05) is 41.9 Å². The van der Waals surface area contributed by atoms with Gasteiger partial charge in [-0.15, -0.1) is 0 Å². The molecule has 2 aliphatic heterocycles. The minimum Gasteiger partial charge on any atom is -0.461 e. The molecule has 2 amide bonds. The van der Waals surface area contributed by atoms with Crippen molar-refractivity contribution in [3.05, 3.63) is 137 Å². The van der Waals surface area contributed by atoms with E-state index in [9.17, 15) is 9.59 Å².